The van der Waals surface area contributed by atoms with E-state index < -0.39 is 23.1 Å². The van der Waals surface area contributed by atoms with Gasteiger partial charge in [0, 0.05) is 0 Å². The van der Waals surface area contributed by atoms with E-state index >= 15 is 0 Å². The van der Waals surface area contributed by atoms with Crippen LogP contribution in [-0.2, 0) is 6.18 Å². The standard InChI is InChI=1S/C10H4ClF3N4/c11-8-3-1-2-7(10(12,13)14)9(8)18-17-6(4-15)5-16/h1-3,18H. The molecule has 0 unspecified atom stereocenters. The molecule has 1 aromatic carbocycles. The van der Waals surface area contributed by atoms with E-state index in [2.05, 4.69) is 5.10 Å². The fourth-order valence-electron chi connectivity index (χ4n) is 1.06. The van der Waals surface area contributed by atoms with Gasteiger partial charge in [0.15, 0.2) is 0 Å². The molecule has 0 amide bonds. The minimum Gasteiger partial charge on any atom is -0.274 e. The number of hydrazone groups is 1. The molecule has 0 aliphatic rings. The number of nitriles is 2. The summed E-state index contributed by atoms with van der Waals surface area (Å²) in [5.41, 5.74) is -0.166. The molecule has 0 radical (unpaired) electrons. The quantitative estimate of drug-likeness (QED) is 0.664. The molecular weight excluding hydrogens is 269 g/mol. The summed E-state index contributed by atoms with van der Waals surface area (Å²) >= 11 is 5.61. The van der Waals surface area contributed by atoms with E-state index in [1.165, 1.54) is 18.2 Å². The Kier molecular flexibility index (Phi) is 4.13. The topological polar surface area (TPSA) is 72.0 Å². The number of hydrogen-bond acceptors (Lipinski definition) is 4. The summed E-state index contributed by atoms with van der Waals surface area (Å²) < 4.78 is 37.9. The highest BCUT2D eigenvalue weighted by molar-refractivity contribution is 6.33. The first kappa shape index (κ1) is 13.8. The fourth-order valence-corrected chi connectivity index (χ4v) is 1.28. The van der Waals surface area contributed by atoms with Gasteiger partial charge < -0.3 is 0 Å². The van der Waals surface area contributed by atoms with Crippen molar-refractivity contribution in [3.8, 4) is 12.1 Å². The summed E-state index contributed by atoms with van der Waals surface area (Å²) in [6.07, 6.45) is -4.62. The maximum atomic E-state index is 12.6. The normalized spacial score (nSPS) is 10.1. The first-order valence-electron chi connectivity index (χ1n) is 4.39. The van der Waals surface area contributed by atoms with Crippen LogP contribution in [0.15, 0.2) is 23.3 Å². The molecule has 4 nitrogen and oxygen atoms in total. The van der Waals surface area contributed by atoms with Gasteiger partial charge in [0.1, 0.15) is 12.1 Å². The predicted octanol–water partition coefficient (Wildman–Crippen LogP) is 3.17. The van der Waals surface area contributed by atoms with Gasteiger partial charge in [0.25, 0.3) is 0 Å². The Morgan fingerprint density at radius 2 is 1.89 bits per heavy atom. The van der Waals surface area contributed by atoms with Crippen molar-refractivity contribution in [1.82, 2.24) is 0 Å². The third-order valence-electron chi connectivity index (χ3n) is 1.81. The minimum absolute atomic E-state index is 0.219. The molecule has 0 heterocycles. The number of halogens is 4. The van der Waals surface area contributed by atoms with E-state index in [-0.39, 0.29) is 5.02 Å². The molecule has 0 bridgehead atoms. The Hall–Kier alpha value is -2.25. The molecule has 0 aromatic heterocycles. The zero-order chi connectivity index (χ0) is 13.8. The number of hydrogen-bond donors (Lipinski definition) is 1. The second kappa shape index (κ2) is 5.39. The van der Waals surface area contributed by atoms with Crippen LogP contribution in [-0.4, -0.2) is 5.71 Å². The van der Waals surface area contributed by atoms with Gasteiger partial charge in [-0.25, -0.2) is 0 Å². The van der Waals surface area contributed by atoms with Gasteiger partial charge in [0.2, 0.25) is 5.71 Å². The number of anilines is 1. The molecule has 1 N–H and O–H groups in total. The van der Waals surface area contributed by atoms with Crippen LogP contribution >= 0.6 is 11.6 Å². The molecule has 8 heteroatoms. The van der Waals surface area contributed by atoms with Gasteiger partial charge in [-0.05, 0) is 12.1 Å². The largest absolute Gasteiger partial charge is 0.418 e. The van der Waals surface area contributed by atoms with E-state index in [0.717, 1.165) is 12.1 Å². The molecular formula is C10H4ClF3N4. The smallest absolute Gasteiger partial charge is 0.274 e. The van der Waals surface area contributed by atoms with Gasteiger partial charge in [-0.1, -0.05) is 17.7 Å². The molecule has 18 heavy (non-hydrogen) atoms. The predicted molar refractivity (Wildman–Crippen MR) is 58.7 cm³/mol. The molecule has 0 fully saturated rings. The average Bonchev–Trinajstić information content (AvgIpc) is 2.30. The first-order valence-corrected chi connectivity index (χ1v) is 4.77. The van der Waals surface area contributed by atoms with Crippen LogP contribution in [0, 0.1) is 22.7 Å². The second-order valence-electron chi connectivity index (χ2n) is 2.96. The van der Waals surface area contributed by atoms with Crippen LogP contribution < -0.4 is 5.43 Å². The summed E-state index contributed by atoms with van der Waals surface area (Å²) in [6.45, 7) is 0. The second-order valence-corrected chi connectivity index (χ2v) is 3.36. The van der Waals surface area contributed by atoms with Crippen molar-refractivity contribution >= 4 is 23.0 Å². The maximum absolute atomic E-state index is 12.6. The third-order valence-corrected chi connectivity index (χ3v) is 2.13. The lowest BCUT2D eigenvalue weighted by molar-refractivity contribution is -0.136. The van der Waals surface area contributed by atoms with Crippen LogP contribution in [0.5, 0.6) is 0 Å². The van der Waals surface area contributed by atoms with Crippen molar-refractivity contribution in [3.63, 3.8) is 0 Å². The van der Waals surface area contributed by atoms with Gasteiger partial charge in [-0.15, -0.1) is 0 Å². The molecule has 0 aliphatic carbocycles. The summed E-state index contributed by atoms with van der Waals surface area (Å²) in [4.78, 5) is 0. The molecule has 0 spiro atoms. The highest BCUT2D eigenvalue weighted by Crippen LogP contribution is 2.38. The minimum atomic E-state index is -4.62. The lowest BCUT2D eigenvalue weighted by atomic mass is 10.2. The van der Waals surface area contributed by atoms with Crippen molar-refractivity contribution in [2.75, 3.05) is 5.43 Å². The Balaban J connectivity index is 3.22. The molecule has 92 valence electrons. The van der Waals surface area contributed by atoms with Crippen LogP contribution in [0.25, 0.3) is 0 Å². The van der Waals surface area contributed by atoms with Gasteiger partial charge in [-0.2, -0.15) is 28.8 Å². The van der Waals surface area contributed by atoms with E-state index in [1.54, 1.807) is 0 Å². The zero-order valence-electron chi connectivity index (χ0n) is 8.59. The lowest BCUT2D eigenvalue weighted by Gasteiger charge is -2.13. The molecule has 0 saturated carbocycles. The number of nitrogens with zero attached hydrogens (tertiary/aromatic N) is 3. The Labute approximate surface area is 105 Å². The van der Waals surface area contributed by atoms with Crippen molar-refractivity contribution in [2.45, 2.75) is 6.18 Å². The monoisotopic (exact) mass is 272 g/mol. The summed E-state index contributed by atoms with van der Waals surface area (Å²) in [5, 5.41) is 19.8. The Morgan fingerprint density at radius 3 is 2.39 bits per heavy atom. The molecule has 0 aliphatic heterocycles. The highest BCUT2D eigenvalue weighted by Gasteiger charge is 2.34. The Morgan fingerprint density at radius 1 is 1.28 bits per heavy atom. The fraction of sp³-hybridized carbons (Fsp3) is 0.100. The van der Waals surface area contributed by atoms with Gasteiger partial charge >= 0.3 is 6.18 Å². The number of rotatable bonds is 2. The van der Waals surface area contributed by atoms with Crippen LogP contribution in [0.3, 0.4) is 0 Å². The summed E-state index contributed by atoms with van der Waals surface area (Å²) in [7, 11) is 0. The molecule has 0 saturated heterocycles. The average molecular weight is 273 g/mol. The lowest BCUT2D eigenvalue weighted by Crippen LogP contribution is -2.09. The van der Waals surface area contributed by atoms with E-state index in [4.69, 9.17) is 22.1 Å². The van der Waals surface area contributed by atoms with E-state index in [0.29, 0.717) is 0 Å². The first-order chi connectivity index (χ1) is 8.40. The third kappa shape index (κ3) is 3.12. The number of benzene rings is 1. The highest BCUT2D eigenvalue weighted by atomic mass is 35.5. The van der Waals surface area contributed by atoms with E-state index in [9.17, 15) is 13.2 Å². The number of nitrogens with one attached hydrogen (secondary N) is 1. The number of para-hydroxylation sites is 1. The van der Waals surface area contributed by atoms with Crippen molar-refractivity contribution in [1.29, 1.82) is 10.5 Å². The van der Waals surface area contributed by atoms with Gasteiger partial charge in [0.05, 0.1) is 16.3 Å². The molecule has 0 atom stereocenters. The summed E-state index contributed by atoms with van der Waals surface area (Å²) in [6, 6.07) is 5.97. The van der Waals surface area contributed by atoms with Crippen molar-refractivity contribution in [2.24, 2.45) is 5.10 Å². The summed E-state index contributed by atoms with van der Waals surface area (Å²) in [5.74, 6) is 0. The number of alkyl halides is 3. The van der Waals surface area contributed by atoms with Crippen LogP contribution in [0.2, 0.25) is 5.02 Å². The van der Waals surface area contributed by atoms with Crippen LogP contribution in [0.1, 0.15) is 5.56 Å². The maximum Gasteiger partial charge on any atom is 0.418 e. The van der Waals surface area contributed by atoms with Gasteiger partial charge in [-0.3, -0.25) is 5.43 Å². The van der Waals surface area contributed by atoms with Crippen LogP contribution in [0.4, 0.5) is 18.9 Å². The SMILES string of the molecule is N#CC(C#N)=NNc1c(Cl)cccc1C(F)(F)F. The van der Waals surface area contributed by atoms with E-state index in [1.807, 2.05) is 5.43 Å². The van der Waals surface area contributed by atoms with Crippen molar-refractivity contribution < 1.29 is 13.2 Å². The van der Waals surface area contributed by atoms with Crippen molar-refractivity contribution in [3.05, 3.63) is 28.8 Å². The molecule has 1 aromatic rings. The Bertz CT molecular complexity index is 550. The zero-order valence-corrected chi connectivity index (χ0v) is 9.34. The molecule has 1 rings (SSSR count).